The molecule has 180 valence electrons. The average molecular weight is 489 g/mol. The van der Waals surface area contributed by atoms with Gasteiger partial charge < -0.3 is 28.2 Å². The fourth-order valence-corrected chi connectivity index (χ4v) is 4.42. The Morgan fingerprint density at radius 3 is 2.76 bits per heavy atom. The Bertz CT molecular complexity index is 1210. The van der Waals surface area contributed by atoms with Gasteiger partial charge in [0.2, 0.25) is 6.79 Å². The maximum Gasteiger partial charge on any atom is 0.410 e. The lowest BCUT2D eigenvalue weighted by Crippen LogP contribution is -2.39. The molecule has 1 amide bonds. The number of ether oxygens (including phenoxy) is 3. The zero-order valence-corrected chi connectivity index (χ0v) is 19.9. The third-order valence-corrected chi connectivity index (χ3v) is 6.56. The predicted octanol–water partition coefficient (Wildman–Crippen LogP) is 4.17. The minimum absolute atomic E-state index is 0.0292. The van der Waals surface area contributed by atoms with Gasteiger partial charge in [-0.2, -0.15) is 0 Å². The van der Waals surface area contributed by atoms with Gasteiger partial charge in [-0.05, 0) is 31.9 Å². The van der Waals surface area contributed by atoms with Gasteiger partial charge in [-0.1, -0.05) is 21.9 Å². The summed E-state index contributed by atoms with van der Waals surface area (Å²) in [5, 5.41) is 8.59. The molecular weight excluding hydrogens is 464 g/mol. The highest BCUT2D eigenvalue weighted by molar-refractivity contribution is 6.31. The molecular formula is C23H25ClN4O6. The smallest absolute Gasteiger partial charge is 0.410 e. The summed E-state index contributed by atoms with van der Waals surface area (Å²) >= 11 is 6.43. The van der Waals surface area contributed by atoms with Crippen LogP contribution in [-0.4, -0.2) is 59.2 Å². The number of benzene rings is 1. The van der Waals surface area contributed by atoms with E-state index in [-0.39, 0.29) is 19.4 Å². The molecule has 1 saturated heterocycles. The zero-order chi connectivity index (χ0) is 23.8. The van der Waals surface area contributed by atoms with Gasteiger partial charge in [0.05, 0.1) is 11.3 Å². The normalized spacial score (nSPS) is 17.4. The first-order chi connectivity index (χ1) is 16.4. The van der Waals surface area contributed by atoms with Crippen LogP contribution in [0.4, 0.5) is 4.79 Å². The lowest BCUT2D eigenvalue weighted by atomic mass is 10.1. The summed E-state index contributed by atoms with van der Waals surface area (Å²) in [6.45, 7) is 6.04. The first-order valence-corrected chi connectivity index (χ1v) is 11.4. The fourth-order valence-electron chi connectivity index (χ4n) is 4.21. The molecule has 0 saturated carbocycles. The van der Waals surface area contributed by atoms with Crippen molar-refractivity contribution in [3.05, 3.63) is 45.8 Å². The average Bonchev–Trinajstić information content (AvgIpc) is 3.60. The number of amides is 1. The lowest BCUT2D eigenvalue weighted by Gasteiger charge is -2.24. The molecule has 5 rings (SSSR count). The van der Waals surface area contributed by atoms with E-state index in [9.17, 15) is 4.79 Å². The third-order valence-electron chi connectivity index (χ3n) is 6.20. The summed E-state index contributed by atoms with van der Waals surface area (Å²) in [5.74, 6) is 2.47. The molecule has 4 heterocycles. The van der Waals surface area contributed by atoms with E-state index in [4.69, 9.17) is 34.9 Å². The summed E-state index contributed by atoms with van der Waals surface area (Å²) in [5.41, 5.74) is 2.79. The number of hydrogen-bond donors (Lipinski definition) is 0. The molecule has 1 aromatic carbocycles. The van der Waals surface area contributed by atoms with Crippen molar-refractivity contribution in [1.29, 1.82) is 0 Å². The first-order valence-electron chi connectivity index (χ1n) is 11.0. The monoisotopic (exact) mass is 488 g/mol. The molecule has 0 radical (unpaired) electrons. The number of hydrogen-bond acceptors (Lipinski definition) is 9. The Balaban J connectivity index is 1.17. The summed E-state index contributed by atoms with van der Waals surface area (Å²) in [6.07, 6.45) is 0.430. The summed E-state index contributed by atoms with van der Waals surface area (Å²) in [6, 6.07) is 5.49. The van der Waals surface area contributed by atoms with Crippen LogP contribution < -0.4 is 9.47 Å². The molecule has 34 heavy (non-hydrogen) atoms. The van der Waals surface area contributed by atoms with Crippen molar-refractivity contribution in [3.8, 4) is 23.0 Å². The number of aromatic nitrogens is 2. The standard InChI is InChI=1S/C23H25ClN4O6/c1-13-6-19(26-33-13)22-17(14(2)25-34-22)11-30-23(29)27(3)16-4-5-28(10-16)9-15-7-20-21(8-18(15)24)32-12-31-20/h6-8,16H,4-5,9-12H2,1-3H3. The topological polar surface area (TPSA) is 103 Å². The maximum absolute atomic E-state index is 12.8. The third kappa shape index (κ3) is 4.43. The van der Waals surface area contributed by atoms with E-state index in [1.165, 1.54) is 0 Å². The van der Waals surface area contributed by atoms with Crippen molar-refractivity contribution >= 4 is 17.7 Å². The molecule has 2 aliphatic heterocycles. The summed E-state index contributed by atoms with van der Waals surface area (Å²) in [4.78, 5) is 16.7. The maximum atomic E-state index is 12.8. The first kappa shape index (κ1) is 22.5. The molecule has 2 aromatic heterocycles. The van der Waals surface area contributed by atoms with E-state index in [1.54, 1.807) is 37.9 Å². The number of likely N-dealkylation sites (tertiary alicyclic amines) is 1. The van der Waals surface area contributed by atoms with E-state index in [1.807, 2.05) is 6.07 Å². The largest absolute Gasteiger partial charge is 0.454 e. The molecule has 10 nitrogen and oxygen atoms in total. The molecule has 1 atom stereocenters. The second-order valence-corrected chi connectivity index (χ2v) is 8.95. The lowest BCUT2D eigenvalue weighted by molar-refractivity contribution is 0.0915. The van der Waals surface area contributed by atoms with E-state index in [0.717, 1.165) is 18.5 Å². The SMILES string of the molecule is Cc1cc(-c2onc(C)c2COC(=O)N(C)C2CCN(Cc3cc4c(cc3Cl)OCO4)C2)no1. The Hall–Kier alpha value is -3.24. The summed E-state index contributed by atoms with van der Waals surface area (Å²) < 4.78 is 26.9. The van der Waals surface area contributed by atoms with Crippen LogP contribution in [0.25, 0.3) is 11.5 Å². The second kappa shape index (κ2) is 9.19. The molecule has 11 heteroatoms. The number of nitrogens with zero attached hydrogens (tertiary/aromatic N) is 4. The molecule has 3 aromatic rings. The van der Waals surface area contributed by atoms with Gasteiger partial charge in [0.1, 0.15) is 12.4 Å². The van der Waals surface area contributed by atoms with Gasteiger partial charge in [-0.25, -0.2) is 4.79 Å². The van der Waals surface area contributed by atoms with Crippen molar-refractivity contribution in [2.24, 2.45) is 0 Å². The molecule has 0 aliphatic carbocycles. The van der Waals surface area contributed by atoms with Gasteiger partial charge in [0.15, 0.2) is 23.0 Å². The van der Waals surface area contributed by atoms with Crippen LogP contribution in [0.15, 0.2) is 27.2 Å². The van der Waals surface area contributed by atoms with E-state index >= 15 is 0 Å². The molecule has 1 unspecified atom stereocenters. The van der Waals surface area contributed by atoms with Crippen molar-refractivity contribution < 1.29 is 28.1 Å². The van der Waals surface area contributed by atoms with Gasteiger partial charge in [-0.15, -0.1) is 0 Å². The minimum atomic E-state index is -0.407. The number of aryl methyl sites for hydroxylation is 2. The number of halogens is 1. The Kier molecular flexibility index (Phi) is 6.09. The zero-order valence-electron chi connectivity index (χ0n) is 19.2. The quantitative estimate of drug-likeness (QED) is 0.505. The van der Waals surface area contributed by atoms with Crippen LogP contribution in [-0.2, 0) is 17.9 Å². The van der Waals surface area contributed by atoms with Gasteiger partial charge in [-0.3, -0.25) is 4.90 Å². The molecule has 0 N–H and O–H groups in total. The predicted molar refractivity (Wildman–Crippen MR) is 121 cm³/mol. The van der Waals surface area contributed by atoms with Crippen molar-refractivity contribution in [3.63, 3.8) is 0 Å². The molecule has 0 bridgehead atoms. The van der Waals surface area contributed by atoms with Crippen LogP contribution in [0.1, 0.15) is 29.0 Å². The molecule has 2 aliphatic rings. The number of carbonyl (C=O) groups is 1. The molecule has 0 spiro atoms. The molecule has 1 fully saturated rings. The Morgan fingerprint density at radius 1 is 1.21 bits per heavy atom. The number of likely N-dealkylation sites (N-methyl/N-ethyl adjacent to an activating group) is 1. The van der Waals surface area contributed by atoms with E-state index in [0.29, 0.717) is 58.1 Å². The number of fused-ring (bicyclic) bond motifs is 1. The van der Waals surface area contributed by atoms with Crippen molar-refractivity contribution in [2.45, 2.75) is 39.5 Å². The fraction of sp³-hybridized carbons (Fsp3) is 0.435. The van der Waals surface area contributed by atoms with Gasteiger partial charge >= 0.3 is 6.09 Å². The highest BCUT2D eigenvalue weighted by Gasteiger charge is 2.30. The Morgan fingerprint density at radius 2 is 2.00 bits per heavy atom. The highest BCUT2D eigenvalue weighted by Crippen LogP contribution is 2.37. The summed E-state index contributed by atoms with van der Waals surface area (Å²) in [7, 11) is 1.76. The van der Waals surface area contributed by atoms with Crippen LogP contribution in [0.2, 0.25) is 5.02 Å². The van der Waals surface area contributed by atoms with Crippen LogP contribution in [0, 0.1) is 13.8 Å². The second-order valence-electron chi connectivity index (χ2n) is 8.54. The number of rotatable bonds is 6. The van der Waals surface area contributed by atoms with Crippen molar-refractivity contribution in [2.75, 3.05) is 26.9 Å². The number of carbonyl (C=O) groups excluding carboxylic acids is 1. The van der Waals surface area contributed by atoms with Crippen LogP contribution >= 0.6 is 11.6 Å². The van der Waals surface area contributed by atoms with Crippen LogP contribution in [0.3, 0.4) is 0 Å². The van der Waals surface area contributed by atoms with E-state index in [2.05, 4.69) is 15.2 Å². The van der Waals surface area contributed by atoms with Gasteiger partial charge in [0, 0.05) is 49.9 Å². The Labute approximate surface area is 201 Å². The van der Waals surface area contributed by atoms with Gasteiger partial charge in [0.25, 0.3) is 0 Å². The van der Waals surface area contributed by atoms with Crippen molar-refractivity contribution in [1.82, 2.24) is 20.1 Å². The van der Waals surface area contributed by atoms with Crippen LogP contribution in [0.5, 0.6) is 11.5 Å². The van der Waals surface area contributed by atoms with E-state index < -0.39 is 6.09 Å². The minimum Gasteiger partial charge on any atom is -0.454 e. The highest BCUT2D eigenvalue weighted by atomic mass is 35.5.